The molecule has 0 aliphatic heterocycles. The lowest BCUT2D eigenvalue weighted by Gasteiger charge is -2.06. The summed E-state index contributed by atoms with van der Waals surface area (Å²) < 4.78 is 0.227. The molecule has 6 nitrogen and oxygen atoms in total. The number of rotatable bonds is 1. The standard InChI is InChI=1S/C11H7NO5/c13-9-7-4-2-1-3-6(7)5-8(10(14)15)12(9)11(16)17/h1-5H,(H,14,15)(H,16,17). The molecule has 0 bridgehead atoms. The predicted molar refractivity (Wildman–Crippen MR) is 58.6 cm³/mol. The second-order valence-electron chi connectivity index (χ2n) is 3.35. The minimum Gasteiger partial charge on any atom is -0.477 e. The molecule has 6 heteroatoms. The van der Waals surface area contributed by atoms with Gasteiger partial charge in [0, 0.05) is 5.39 Å². The minimum absolute atomic E-state index is 0.167. The molecule has 17 heavy (non-hydrogen) atoms. The van der Waals surface area contributed by atoms with Gasteiger partial charge in [-0.15, -0.1) is 0 Å². The highest BCUT2D eigenvalue weighted by atomic mass is 16.4. The van der Waals surface area contributed by atoms with Crippen LogP contribution in [0.1, 0.15) is 10.5 Å². The molecular formula is C11H7NO5. The lowest BCUT2D eigenvalue weighted by atomic mass is 10.1. The van der Waals surface area contributed by atoms with Crippen LogP contribution in [0.3, 0.4) is 0 Å². The van der Waals surface area contributed by atoms with Gasteiger partial charge in [-0.05, 0) is 17.5 Å². The Bertz CT molecular complexity index is 686. The van der Waals surface area contributed by atoms with Crippen LogP contribution in [0, 0.1) is 0 Å². The van der Waals surface area contributed by atoms with Crippen molar-refractivity contribution in [2.45, 2.75) is 0 Å². The lowest BCUT2D eigenvalue weighted by molar-refractivity contribution is 0.0682. The summed E-state index contributed by atoms with van der Waals surface area (Å²) >= 11 is 0. The molecule has 0 unspecified atom stereocenters. The second kappa shape index (κ2) is 3.75. The molecule has 0 fully saturated rings. The topological polar surface area (TPSA) is 96.6 Å². The third-order valence-electron chi connectivity index (χ3n) is 2.34. The Morgan fingerprint density at radius 2 is 1.76 bits per heavy atom. The van der Waals surface area contributed by atoms with Crippen molar-refractivity contribution in [2.24, 2.45) is 0 Å². The first-order valence-corrected chi connectivity index (χ1v) is 4.64. The third-order valence-corrected chi connectivity index (χ3v) is 2.34. The van der Waals surface area contributed by atoms with Crippen molar-refractivity contribution in [1.82, 2.24) is 4.57 Å². The fourth-order valence-corrected chi connectivity index (χ4v) is 1.61. The van der Waals surface area contributed by atoms with Crippen LogP contribution in [0.4, 0.5) is 4.79 Å². The van der Waals surface area contributed by atoms with Crippen molar-refractivity contribution in [3.63, 3.8) is 0 Å². The third kappa shape index (κ3) is 1.65. The van der Waals surface area contributed by atoms with E-state index < -0.39 is 23.3 Å². The molecule has 0 atom stereocenters. The van der Waals surface area contributed by atoms with Crippen LogP contribution < -0.4 is 5.56 Å². The zero-order valence-electron chi connectivity index (χ0n) is 8.45. The summed E-state index contributed by atoms with van der Waals surface area (Å²) in [5, 5.41) is 18.3. The number of carboxylic acid groups (broad SMARTS) is 2. The molecular weight excluding hydrogens is 226 g/mol. The second-order valence-corrected chi connectivity index (χ2v) is 3.35. The van der Waals surface area contributed by atoms with E-state index in [1.807, 2.05) is 0 Å². The number of carbonyl (C=O) groups is 2. The van der Waals surface area contributed by atoms with E-state index in [-0.39, 0.29) is 9.95 Å². The largest absolute Gasteiger partial charge is 0.477 e. The van der Waals surface area contributed by atoms with E-state index >= 15 is 0 Å². The summed E-state index contributed by atoms with van der Waals surface area (Å²) in [4.78, 5) is 33.6. The molecule has 2 N–H and O–H groups in total. The van der Waals surface area contributed by atoms with Gasteiger partial charge in [0.25, 0.3) is 5.56 Å². The van der Waals surface area contributed by atoms with Gasteiger partial charge in [-0.3, -0.25) is 4.79 Å². The molecule has 0 aliphatic rings. The predicted octanol–water partition coefficient (Wildman–Crippen LogP) is 1.23. The summed E-state index contributed by atoms with van der Waals surface area (Å²) in [6.07, 6.45) is -1.61. The summed E-state index contributed by atoms with van der Waals surface area (Å²) in [7, 11) is 0. The first kappa shape index (κ1) is 10.9. The maximum absolute atomic E-state index is 11.8. The van der Waals surface area contributed by atoms with Crippen LogP contribution in [0.2, 0.25) is 0 Å². The number of aromatic nitrogens is 1. The van der Waals surface area contributed by atoms with Crippen molar-refractivity contribution in [1.29, 1.82) is 0 Å². The van der Waals surface area contributed by atoms with Gasteiger partial charge in [-0.25, -0.2) is 14.2 Å². The number of aromatic carboxylic acids is 1. The highest BCUT2D eigenvalue weighted by Crippen LogP contribution is 2.11. The highest BCUT2D eigenvalue weighted by Gasteiger charge is 2.18. The minimum atomic E-state index is -1.61. The van der Waals surface area contributed by atoms with Gasteiger partial charge in [0.2, 0.25) is 0 Å². The molecule has 1 aromatic heterocycles. The molecule has 2 rings (SSSR count). The smallest absolute Gasteiger partial charge is 0.419 e. The first-order valence-electron chi connectivity index (χ1n) is 4.64. The molecule has 1 heterocycles. The molecule has 2 aromatic rings. The number of nitrogens with zero attached hydrogens (tertiary/aromatic N) is 1. The fraction of sp³-hybridized carbons (Fsp3) is 0. The molecule has 0 saturated carbocycles. The Morgan fingerprint density at radius 3 is 2.35 bits per heavy atom. The van der Waals surface area contributed by atoms with Crippen LogP contribution in [-0.4, -0.2) is 26.8 Å². The van der Waals surface area contributed by atoms with Gasteiger partial charge in [-0.2, -0.15) is 0 Å². The lowest BCUT2D eigenvalue weighted by Crippen LogP contribution is -2.30. The maximum atomic E-state index is 11.8. The first-order chi connectivity index (χ1) is 8.02. The van der Waals surface area contributed by atoms with Crippen LogP contribution in [0.5, 0.6) is 0 Å². The van der Waals surface area contributed by atoms with Gasteiger partial charge in [0.15, 0.2) is 0 Å². The summed E-state index contributed by atoms with van der Waals surface area (Å²) in [6, 6.07) is 7.38. The van der Waals surface area contributed by atoms with Crippen molar-refractivity contribution >= 4 is 22.8 Å². The molecule has 0 aliphatic carbocycles. The zero-order chi connectivity index (χ0) is 12.6. The molecule has 86 valence electrons. The van der Waals surface area contributed by atoms with Crippen molar-refractivity contribution in [3.05, 3.63) is 46.4 Å². The zero-order valence-corrected chi connectivity index (χ0v) is 8.45. The van der Waals surface area contributed by atoms with Gasteiger partial charge >= 0.3 is 12.1 Å². The molecule has 0 amide bonds. The van der Waals surface area contributed by atoms with E-state index in [1.165, 1.54) is 6.07 Å². The molecule has 0 radical (unpaired) electrons. The fourth-order valence-electron chi connectivity index (χ4n) is 1.61. The van der Waals surface area contributed by atoms with Crippen LogP contribution in [0.25, 0.3) is 10.8 Å². The Morgan fingerprint density at radius 1 is 1.12 bits per heavy atom. The quantitative estimate of drug-likeness (QED) is 0.771. The van der Waals surface area contributed by atoms with E-state index in [9.17, 15) is 14.4 Å². The summed E-state index contributed by atoms with van der Waals surface area (Å²) in [5.74, 6) is -1.46. The summed E-state index contributed by atoms with van der Waals surface area (Å²) in [6.45, 7) is 0. The van der Waals surface area contributed by atoms with Gasteiger partial charge in [0.05, 0.1) is 0 Å². The van der Waals surface area contributed by atoms with Crippen LogP contribution >= 0.6 is 0 Å². The number of pyridine rings is 1. The van der Waals surface area contributed by atoms with Crippen molar-refractivity contribution < 1.29 is 19.8 Å². The molecule has 1 aromatic carbocycles. The summed E-state index contributed by atoms with van der Waals surface area (Å²) in [5.41, 5.74) is -1.42. The molecule has 0 saturated heterocycles. The highest BCUT2D eigenvalue weighted by molar-refractivity contribution is 5.95. The van der Waals surface area contributed by atoms with E-state index in [0.717, 1.165) is 6.07 Å². The maximum Gasteiger partial charge on any atom is 0.419 e. The Balaban J connectivity index is 2.99. The van der Waals surface area contributed by atoms with E-state index in [1.54, 1.807) is 18.2 Å². The Kier molecular flexibility index (Phi) is 2.40. The average molecular weight is 233 g/mol. The number of benzene rings is 1. The van der Waals surface area contributed by atoms with E-state index in [0.29, 0.717) is 5.39 Å². The normalized spacial score (nSPS) is 10.4. The van der Waals surface area contributed by atoms with Crippen LogP contribution in [-0.2, 0) is 0 Å². The van der Waals surface area contributed by atoms with Crippen LogP contribution in [0.15, 0.2) is 35.1 Å². The van der Waals surface area contributed by atoms with Gasteiger partial charge in [0.1, 0.15) is 5.69 Å². The van der Waals surface area contributed by atoms with Crippen molar-refractivity contribution in [2.75, 3.05) is 0 Å². The van der Waals surface area contributed by atoms with E-state index in [2.05, 4.69) is 0 Å². The Hall–Kier alpha value is -2.63. The van der Waals surface area contributed by atoms with Gasteiger partial charge in [-0.1, -0.05) is 18.2 Å². The number of fused-ring (bicyclic) bond motifs is 1. The monoisotopic (exact) mass is 233 g/mol. The Labute approximate surface area is 94.3 Å². The van der Waals surface area contributed by atoms with Gasteiger partial charge < -0.3 is 10.2 Å². The van der Waals surface area contributed by atoms with Crippen molar-refractivity contribution in [3.8, 4) is 0 Å². The average Bonchev–Trinajstić information content (AvgIpc) is 2.28. The SMILES string of the molecule is O=C(O)c1cc2ccccc2c(=O)n1C(=O)O. The number of hydrogen-bond acceptors (Lipinski definition) is 3. The number of carboxylic acids is 1. The number of hydrogen-bond donors (Lipinski definition) is 2. The van der Waals surface area contributed by atoms with E-state index in [4.69, 9.17) is 10.2 Å². The molecule has 0 spiro atoms.